The fourth-order valence-corrected chi connectivity index (χ4v) is 2.22. The molecule has 0 amide bonds. The van der Waals surface area contributed by atoms with Crippen molar-refractivity contribution < 1.29 is 19.0 Å². The molecule has 0 heterocycles. The van der Waals surface area contributed by atoms with Crippen LogP contribution in [-0.2, 0) is 19.0 Å². The SMILES string of the molecule is CCOC(=O)CC1CC(OCC)(OCC)C1. The molecule has 0 bridgehead atoms. The summed E-state index contributed by atoms with van der Waals surface area (Å²) in [5.74, 6) is -0.202. The van der Waals surface area contributed by atoms with Gasteiger partial charge in [0.05, 0.1) is 6.61 Å². The van der Waals surface area contributed by atoms with Gasteiger partial charge in [-0.2, -0.15) is 0 Å². The molecule has 1 aliphatic rings. The van der Waals surface area contributed by atoms with E-state index in [4.69, 9.17) is 14.2 Å². The molecule has 1 fully saturated rings. The van der Waals surface area contributed by atoms with Crippen LogP contribution < -0.4 is 0 Å². The molecule has 0 atom stereocenters. The Bertz CT molecular complexity index is 213. The molecule has 0 unspecified atom stereocenters. The number of carbonyl (C=O) groups is 1. The largest absolute Gasteiger partial charge is 0.466 e. The number of carbonyl (C=O) groups excluding carboxylic acids is 1. The van der Waals surface area contributed by atoms with E-state index in [2.05, 4.69) is 0 Å². The minimum absolute atomic E-state index is 0.117. The molecule has 0 aromatic carbocycles. The molecule has 0 aromatic rings. The summed E-state index contributed by atoms with van der Waals surface area (Å²) in [6, 6.07) is 0. The van der Waals surface area contributed by atoms with Crippen LogP contribution in [0.15, 0.2) is 0 Å². The van der Waals surface area contributed by atoms with Crippen LogP contribution in [0.5, 0.6) is 0 Å². The number of hydrogen-bond donors (Lipinski definition) is 0. The van der Waals surface area contributed by atoms with E-state index in [1.807, 2.05) is 20.8 Å². The highest BCUT2D eigenvalue weighted by Crippen LogP contribution is 2.43. The summed E-state index contributed by atoms with van der Waals surface area (Å²) in [4.78, 5) is 11.3. The topological polar surface area (TPSA) is 44.8 Å². The first-order valence-electron chi connectivity index (χ1n) is 6.09. The van der Waals surface area contributed by atoms with E-state index in [-0.39, 0.29) is 5.97 Å². The van der Waals surface area contributed by atoms with Crippen molar-refractivity contribution in [1.82, 2.24) is 0 Å². The summed E-state index contributed by atoms with van der Waals surface area (Å²) in [6.07, 6.45) is 2.08. The Balaban J connectivity index is 2.30. The summed E-state index contributed by atoms with van der Waals surface area (Å²) in [5.41, 5.74) is 0. The van der Waals surface area contributed by atoms with Crippen LogP contribution in [0, 0.1) is 5.92 Å². The molecule has 0 spiro atoms. The van der Waals surface area contributed by atoms with Crippen LogP contribution in [0.1, 0.15) is 40.0 Å². The van der Waals surface area contributed by atoms with Gasteiger partial charge >= 0.3 is 5.97 Å². The van der Waals surface area contributed by atoms with Gasteiger partial charge in [0.1, 0.15) is 0 Å². The van der Waals surface area contributed by atoms with Crippen molar-refractivity contribution >= 4 is 5.97 Å². The predicted octanol–water partition coefficient (Wildman–Crippen LogP) is 2.12. The van der Waals surface area contributed by atoms with Crippen molar-refractivity contribution in [3.05, 3.63) is 0 Å². The second kappa shape index (κ2) is 6.21. The van der Waals surface area contributed by atoms with Gasteiger partial charge in [0.2, 0.25) is 0 Å². The van der Waals surface area contributed by atoms with Gasteiger partial charge in [0.15, 0.2) is 5.79 Å². The Kier molecular flexibility index (Phi) is 5.22. The van der Waals surface area contributed by atoms with Crippen LogP contribution in [0.3, 0.4) is 0 Å². The van der Waals surface area contributed by atoms with Gasteiger partial charge in [-0.05, 0) is 26.7 Å². The summed E-state index contributed by atoms with van der Waals surface area (Å²) in [6.45, 7) is 7.48. The van der Waals surface area contributed by atoms with E-state index in [1.165, 1.54) is 0 Å². The molecule has 1 aliphatic carbocycles. The average molecular weight is 230 g/mol. The molecule has 1 saturated carbocycles. The lowest BCUT2D eigenvalue weighted by atomic mass is 9.76. The zero-order chi connectivity index (χ0) is 12.0. The maximum Gasteiger partial charge on any atom is 0.306 e. The van der Waals surface area contributed by atoms with Gasteiger partial charge in [-0.25, -0.2) is 0 Å². The van der Waals surface area contributed by atoms with Crippen LogP contribution in [-0.4, -0.2) is 31.6 Å². The molecule has 4 nitrogen and oxygen atoms in total. The van der Waals surface area contributed by atoms with E-state index in [0.29, 0.717) is 32.2 Å². The molecule has 0 aliphatic heterocycles. The molecule has 16 heavy (non-hydrogen) atoms. The van der Waals surface area contributed by atoms with Crippen molar-refractivity contribution in [2.45, 2.75) is 45.8 Å². The average Bonchev–Trinajstić information content (AvgIpc) is 2.16. The molecular weight excluding hydrogens is 208 g/mol. The van der Waals surface area contributed by atoms with Gasteiger partial charge < -0.3 is 14.2 Å². The number of rotatable bonds is 7. The quantitative estimate of drug-likeness (QED) is 0.496. The summed E-state index contributed by atoms with van der Waals surface area (Å²) in [7, 11) is 0. The maximum absolute atomic E-state index is 11.3. The minimum Gasteiger partial charge on any atom is -0.466 e. The highest BCUT2D eigenvalue weighted by Gasteiger charge is 2.46. The normalized spacial score (nSPS) is 19.2. The number of esters is 1. The van der Waals surface area contributed by atoms with Crippen LogP contribution in [0.4, 0.5) is 0 Å². The summed E-state index contributed by atoms with van der Waals surface area (Å²) in [5, 5.41) is 0. The number of ether oxygens (including phenoxy) is 3. The van der Waals surface area contributed by atoms with Crippen molar-refractivity contribution in [1.29, 1.82) is 0 Å². The highest BCUT2D eigenvalue weighted by molar-refractivity contribution is 5.69. The fourth-order valence-electron chi connectivity index (χ4n) is 2.22. The summed E-state index contributed by atoms with van der Waals surface area (Å²) >= 11 is 0. The Morgan fingerprint density at radius 3 is 2.12 bits per heavy atom. The monoisotopic (exact) mass is 230 g/mol. The van der Waals surface area contributed by atoms with Crippen molar-refractivity contribution in [2.75, 3.05) is 19.8 Å². The van der Waals surface area contributed by atoms with Crippen LogP contribution in [0.25, 0.3) is 0 Å². The van der Waals surface area contributed by atoms with Gasteiger partial charge in [-0.15, -0.1) is 0 Å². The van der Waals surface area contributed by atoms with E-state index >= 15 is 0 Å². The Hall–Kier alpha value is -0.610. The van der Waals surface area contributed by atoms with E-state index < -0.39 is 5.79 Å². The van der Waals surface area contributed by atoms with Crippen molar-refractivity contribution in [2.24, 2.45) is 5.92 Å². The third kappa shape index (κ3) is 3.46. The van der Waals surface area contributed by atoms with Crippen molar-refractivity contribution in [3.63, 3.8) is 0 Å². The molecule has 0 radical (unpaired) electrons. The predicted molar refractivity (Wildman–Crippen MR) is 60.0 cm³/mol. The zero-order valence-electron chi connectivity index (χ0n) is 10.5. The van der Waals surface area contributed by atoms with E-state index in [9.17, 15) is 4.79 Å². The third-order valence-corrected chi connectivity index (χ3v) is 2.77. The standard InChI is InChI=1S/C12H22O4/c1-4-14-11(13)7-10-8-12(9-10,15-5-2)16-6-3/h10H,4-9H2,1-3H3. The second-order valence-corrected chi connectivity index (χ2v) is 4.06. The van der Waals surface area contributed by atoms with Crippen LogP contribution in [0.2, 0.25) is 0 Å². The highest BCUT2D eigenvalue weighted by atomic mass is 16.7. The maximum atomic E-state index is 11.3. The third-order valence-electron chi connectivity index (χ3n) is 2.77. The Morgan fingerprint density at radius 2 is 1.69 bits per heavy atom. The molecule has 94 valence electrons. The smallest absolute Gasteiger partial charge is 0.306 e. The first-order chi connectivity index (χ1) is 7.65. The fraction of sp³-hybridized carbons (Fsp3) is 0.917. The lowest BCUT2D eigenvalue weighted by Crippen LogP contribution is -2.49. The zero-order valence-corrected chi connectivity index (χ0v) is 10.5. The lowest BCUT2D eigenvalue weighted by Gasteiger charge is -2.46. The second-order valence-electron chi connectivity index (χ2n) is 4.06. The first-order valence-corrected chi connectivity index (χ1v) is 6.09. The Labute approximate surface area is 97.2 Å². The molecule has 0 N–H and O–H groups in total. The molecule has 1 rings (SSSR count). The van der Waals surface area contributed by atoms with Gasteiger partial charge in [0.25, 0.3) is 0 Å². The Morgan fingerprint density at radius 1 is 1.12 bits per heavy atom. The van der Waals surface area contributed by atoms with Crippen molar-refractivity contribution in [3.8, 4) is 0 Å². The molecule has 0 aromatic heterocycles. The van der Waals surface area contributed by atoms with Crippen LogP contribution >= 0.6 is 0 Å². The molecule has 4 heteroatoms. The van der Waals surface area contributed by atoms with Gasteiger partial charge in [-0.3, -0.25) is 4.79 Å². The van der Waals surface area contributed by atoms with E-state index in [1.54, 1.807) is 0 Å². The number of hydrogen-bond acceptors (Lipinski definition) is 4. The first kappa shape index (κ1) is 13.5. The molecule has 0 saturated heterocycles. The van der Waals surface area contributed by atoms with Gasteiger partial charge in [-0.1, -0.05) is 0 Å². The van der Waals surface area contributed by atoms with E-state index in [0.717, 1.165) is 12.8 Å². The summed E-state index contributed by atoms with van der Waals surface area (Å²) < 4.78 is 16.1. The molecular formula is C12H22O4. The minimum atomic E-state index is -0.430. The lowest BCUT2D eigenvalue weighted by molar-refractivity contribution is -0.291. The van der Waals surface area contributed by atoms with Gasteiger partial charge in [0, 0.05) is 32.5 Å².